The van der Waals surface area contributed by atoms with Gasteiger partial charge in [-0.15, -0.1) is 0 Å². The van der Waals surface area contributed by atoms with Gasteiger partial charge in [0.15, 0.2) is 6.61 Å². The second-order valence-electron chi connectivity index (χ2n) is 9.77. The maximum absolute atomic E-state index is 13.0. The highest BCUT2D eigenvalue weighted by atomic mass is 79.9. The lowest BCUT2D eigenvalue weighted by Crippen LogP contribution is -2.32. The number of ether oxygens (including phenoxy) is 2. The van der Waals surface area contributed by atoms with Gasteiger partial charge in [-0.25, -0.2) is 0 Å². The molecule has 0 radical (unpaired) electrons. The van der Waals surface area contributed by atoms with E-state index in [1.807, 2.05) is 56.3 Å². The van der Waals surface area contributed by atoms with E-state index in [9.17, 15) is 14.4 Å². The lowest BCUT2D eigenvalue weighted by molar-refractivity contribution is -0.123. The molecule has 0 aliphatic carbocycles. The number of nitrogens with zero attached hydrogens (tertiary/aromatic N) is 1. The molecule has 0 saturated carbocycles. The number of anilines is 1. The normalized spacial score (nSPS) is 14.2. The molecule has 1 aliphatic heterocycles. The summed E-state index contributed by atoms with van der Waals surface area (Å²) in [6.45, 7) is 8.36. The first kappa shape index (κ1) is 29.4. The third kappa shape index (κ3) is 7.55. The minimum atomic E-state index is -0.351. The molecule has 3 aromatic carbocycles. The van der Waals surface area contributed by atoms with Crippen molar-refractivity contribution < 1.29 is 23.9 Å². The molecule has 0 atom stereocenters. The summed E-state index contributed by atoms with van der Waals surface area (Å²) in [7, 11) is 0. The molecular weight excluding hydrogens is 592 g/mol. The number of carbonyl (C=O) groups excluding carboxylic acids is 3. The van der Waals surface area contributed by atoms with E-state index in [4.69, 9.17) is 9.47 Å². The number of nitrogens with one attached hydrogen (secondary N) is 1. The Balaban J connectivity index is 1.33. The number of rotatable bonds is 10. The molecule has 0 spiro atoms. The van der Waals surface area contributed by atoms with Crippen LogP contribution in [0.1, 0.15) is 42.0 Å². The van der Waals surface area contributed by atoms with Crippen molar-refractivity contribution >= 4 is 56.5 Å². The number of halogens is 1. The maximum Gasteiger partial charge on any atom is 0.293 e. The molecule has 40 heavy (non-hydrogen) atoms. The Bertz CT molecular complexity index is 1470. The summed E-state index contributed by atoms with van der Waals surface area (Å²) in [5.74, 6) is 0.928. The Labute approximate surface area is 247 Å². The number of amides is 3. The molecule has 3 amide bonds. The topological polar surface area (TPSA) is 84.9 Å². The van der Waals surface area contributed by atoms with E-state index in [2.05, 4.69) is 35.1 Å². The van der Waals surface area contributed by atoms with Crippen LogP contribution in [0.15, 0.2) is 70.0 Å². The zero-order chi connectivity index (χ0) is 28.8. The molecule has 1 N–H and O–H groups in total. The summed E-state index contributed by atoms with van der Waals surface area (Å²) in [5, 5.41) is 2.48. The fraction of sp³-hybridized carbons (Fsp3) is 0.258. The van der Waals surface area contributed by atoms with E-state index < -0.39 is 0 Å². The van der Waals surface area contributed by atoms with Crippen molar-refractivity contribution in [3.63, 3.8) is 0 Å². The smallest absolute Gasteiger partial charge is 0.293 e. The van der Waals surface area contributed by atoms with Gasteiger partial charge in [-0.05, 0) is 106 Å². The lowest BCUT2D eigenvalue weighted by Gasteiger charge is -2.17. The fourth-order valence-electron chi connectivity index (χ4n) is 4.12. The first-order valence-electron chi connectivity index (χ1n) is 12.9. The molecule has 208 valence electrons. The monoisotopic (exact) mass is 622 g/mol. The summed E-state index contributed by atoms with van der Waals surface area (Å²) in [6, 6.07) is 18.8. The third-order valence-corrected chi connectivity index (χ3v) is 7.68. The van der Waals surface area contributed by atoms with Gasteiger partial charge in [-0.1, -0.05) is 44.2 Å². The first-order valence-corrected chi connectivity index (χ1v) is 14.5. The number of hydrogen-bond acceptors (Lipinski definition) is 6. The number of imide groups is 1. The molecule has 1 heterocycles. The average Bonchev–Trinajstić information content (AvgIpc) is 3.15. The molecule has 9 heteroatoms. The summed E-state index contributed by atoms with van der Waals surface area (Å²) in [6.07, 6.45) is 1.67. The van der Waals surface area contributed by atoms with E-state index in [0.29, 0.717) is 32.3 Å². The van der Waals surface area contributed by atoms with Gasteiger partial charge in [0, 0.05) is 5.69 Å². The van der Waals surface area contributed by atoms with E-state index >= 15 is 0 Å². The first-order chi connectivity index (χ1) is 19.1. The highest BCUT2D eigenvalue weighted by molar-refractivity contribution is 9.10. The SMILES string of the molecule is Cc1cccc(NC(=O)COc2ccc(/C=C3\SC(=O)N(CCOc4cc(C)ccc4C(C)C)C3=O)cc2Br)c1. The third-order valence-electron chi connectivity index (χ3n) is 6.15. The zero-order valence-corrected chi connectivity index (χ0v) is 25.2. The maximum atomic E-state index is 13.0. The van der Waals surface area contributed by atoms with Crippen LogP contribution in [0.5, 0.6) is 11.5 Å². The van der Waals surface area contributed by atoms with Crippen LogP contribution in [0.25, 0.3) is 6.08 Å². The molecule has 1 saturated heterocycles. The van der Waals surface area contributed by atoms with Gasteiger partial charge in [0.2, 0.25) is 0 Å². The largest absolute Gasteiger partial charge is 0.491 e. The van der Waals surface area contributed by atoms with Crippen LogP contribution < -0.4 is 14.8 Å². The Kier molecular flexibility index (Phi) is 9.71. The Morgan fingerprint density at radius 1 is 1.00 bits per heavy atom. The standard InChI is InChI=1S/C31H31BrN2O5S/c1-19(2)24-10-8-21(4)15-27(24)38-13-12-34-30(36)28(40-31(34)37)17-22-9-11-26(25(32)16-22)39-18-29(35)33-23-7-5-6-20(3)14-23/h5-11,14-17,19H,12-13,18H2,1-4H3,(H,33,35)/b28-17-. The second-order valence-corrected chi connectivity index (χ2v) is 11.6. The predicted octanol–water partition coefficient (Wildman–Crippen LogP) is 7.32. The van der Waals surface area contributed by atoms with Gasteiger partial charge < -0.3 is 14.8 Å². The Hall–Kier alpha value is -3.56. The van der Waals surface area contributed by atoms with Gasteiger partial charge >= 0.3 is 0 Å². The van der Waals surface area contributed by atoms with Gasteiger partial charge in [0.25, 0.3) is 17.1 Å². The number of benzene rings is 3. The van der Waals surface area contributed by atoms with E-state index in [1.54, 1.807) is 24.3 Å². The summed E-state index contributed by atoms with van der Waals surface area (Å²) >= 11 is 4.37. The average molecular weight is 624 g/mol. The molecule has 1 aliphatic rings. The van der Waals surface area contributed by atoms with Gasteiger partial charge in [-0.2, -0.15) is 0 Å². The van der Waals surface area contributed by atoms with Crippen LogP contribution in [-0.2, 0) is 9.59 Å². The van der Waals surface area contributed by atoms with Crippen molar-refractivity contribution in [2.45, 2.75) is 33.6 Å². The number of aryl methyl sites for hydroxylation is 2. The van der Waals surface area contributed by atoms with E-state index in [0.717, 1.165) is 34.2 Å². The van der Waals surface area contributed by atoms with Crippen molar-refractivity contribution in [2.75, 3.05) is 25.1 Å². The van der Waals surface area contributed by atoms with Crippen LogP contribution in [0.4, 0.5) is 10.5 Å². The molecule has 1 fully saturated rings. The van der Waals surface area contributed by atoms with Gasteiger partial charge in [0.1, 0.15) is 18.1 Å². The van der Waals surface area contributed by atoms with E-state index in [-0.39, 0.29) is 36.8 Å². The zero-order valence-electron chi connectivity index (χ0n) is 22.8. The molecule has 3 aromatic rings. The Morgan fingerprint density at radius 2 is 1.77 bits per heavy atom. The van der Waals surface area contributed by atoms with Crippen molar-refractivity contribution in [3.8, 4) is 11.5 Å². The van der Waals surface area contributed by atoms with Crippen molar-refractivity contribution in [3.05, 3.63) is 92.3 Å². The molecule has 0 aromatic heterocycles. The molecule has 0 bridgehead atoms. The minimum absolute atomic E-state index is 0.159. The fourth-order valence-corrected chi connectivity index (χ4v) is 5.50. The Morgan fingerprint density at radius 3 is 2.50 bits per heavy atom. The lowest BCUT2D eigenvalue weighted by atomic mass is 10.0. The van der Waals surface area contributed by atoms with E-state index in [1.165, 1.54) is 4.90 Å². The minimum Gasteiger partial charge on any atom is -0.491 e. The number of carbonyl (C=O) groups is 3. The second kappa shape index (κ2) is 13.2. The summed E-state index contributed by atoms with van der Waals surface area (Å²) < 4.78 is 12.3. The molecule has 4 rings (SSSR count). The highest BCUT2D eigenvalue weighted by Gasteiger charge is 2.34. The van der Waals surface area contributed by atoms with Crippen LogP contribution in [0.3, 0.4) is 0 Å². The van der Waals surface area contributed by atoms with Gasteiger partial charge in [-0.3, -0.25) is 19.3 Å². The summed E-state index contributed by atoms with van der Waals surface area (Å²) in [4.78, 5) is 39.4. The van der Waals surface area contributed by atoms with Crippen LogP contribution in [0, 0.1) is 13.8 Å². The number of thioether (sulfide) groups is 1. The summed E-state index contributed by atoms with van der Waals surface area (Å²) in [5.41, 5.74) is 4.64. The molecule has 0 unspecified atom stereocenters. The van der Waals surface area contributed by atoms with Gasteiger partial charge in [0.05, 0.1) is 15.9 Å². The number of hydrogen-bond donors (Lipinski definition) is 1. The molecular formula is C31H31BrN2O5S. The van der Waals surface area contributed by atoms with Crippen molar-refractivity contribution in [1.29, 1.82) is 0 Å². The predicted molar refractivity (Wildman–Crippen MR) is 163 cm³/mol. The van der Waals surface area contributed by atoms with Crippen molar-refractivity contribution in [2.24, 2.45) is 0 Å². The van der Waals surface area contributed by atoms with Crippen molar-refractivity contribution in [1.82, 2.24) is 4.90 Å². The van der Waals surface area contributed by atoms with Crippen LogP contribution in [-0.4, -0.2) is 41.7 Å². The highest BCUT2D eigenvalue weighted by Crippen LogP contribution is 2.34. The van der Waals surface area contributed by atoms with Crippen LogP contribution in [0.2, 0.25) is 0 Å². The molecule has 7 nitrogen and oxygen atoms in total. The quantitative estimate of drug-likeness (QED) is 0.238. The van der Waals surface area contributed by atoms with Crippen LogP contribution >= 0.6 is 27.7 Å².